The summed E-state index contributed by atoms with van der Waals surface area (Å²) < 4.78 is 35.8. The van der Waals surface area contributed by atoms with Gasteiger partial charge in [0.25, 0.3) is 0 Å². The zero-order valence-electron chi connectivity index (χ0n) is 17.5. The molecule has 2 aromatic carbocycles. The number of para-hydroxylation sites is 2. The molecule has 0 bridgehead atoms. The summed E-state index contributed by atoms with van der Waals surface area (Å²) in [6, 6.07) is 15.3. The lowest BCUT2D eigenvalue weighted by Gasteiger charge is -2.17. The fraction of sp³-hybridized carbons (Fsp3) is 0.318. The third-order valence-electron chi connectivity index (χ3n) is 4.51. The zero-order valence-corrected chi connectivity index (χ0v) is 19.8. The van der Waals surface area contributed by atoms with Crippen molar-refractivity contribution in [3.8, 4) is 11.5 Å². The Morgan fingerprint density at radius 1 is 1.13 bits per heavy atom. The number of hydrogen-bond donors (Lipinski definition) is 3. The predicted molar refractivity (Wildman–Crippen MR) is 130 cm³/mol. The van der Waals surface area contributed by atoms with Crippen LogP contribution in [0.4, 0.5) is 8.78 Å². The van der Waals surface area contributed by atoms with Crippen LogP contribution in [0.25, 0.3) is 10.9 Å². The normalized spacial score (nSPS) is 11.3. The van der Waals surface area contributed by atoms with Gasteiger partial charge >= 0.3 is 6.61 Å². The Bertz CT molecular complexity index is 962. The van der Waals surface area contributed by atoms with Gasteiger partial charge in [0.05, 0.1) is 6.61 Å². The summed E-state index contributed by atoms with van der Waals surface area (Å²) in [5.74, 6) is 0.894. The van der Waals surface area contributed by atoms with E-state index < -0.39 is 6.61 Å². The summed E-state index contributed by atoms with van der Waals surface area (Å²) in [6.07, 6.45) is 0.787. The third kappa shape index (κ3) is 6.98. The molecule has 0 saturated carbocycles. The van der Waals surface area contributed by atoms with E-state index in [0.717, 1.165) is 17.6 Å². The van der Waals surface area contributed by atoms with Crippen molar-refractivity contribution in [2.75, 3.05) is 20.2 Å². The second-order valence-corrected chi connectivity index (χ2v) is 6.54. The molecule has 0 unspecified atom stereocenters. The molecule has 9 heteroatoms. The fourth-order valence-electron chi connectivity index (χ4n) is 3.18. The van der Waals surface area contributed by atoms with Crippen LogP contribution in [-0.2, 0) is 13.0 Å². The van der Waals surface area contributed by atoms with E-state index in [1.165, 1.54) is 5.39 Å². The average Bonchev–Trinajstić information content (AvgIpc) is 3.15. The highest BCUT2D eigenvalue weighted by Gasteiger charge is 2.16. The highest BCUT2D eigenvalue weighted by atomic mass is 127. The van der Waals surface area contributed by atoms with E-state index in [1.807, 2.05) is 18.2 Å². The van der Waals surface area contributed by atoms with Crippen LogP contribution in [-0.4, -0.2) is 37.8 Å². The first-order valence-corrected chi connectivity index (χ1v) is 9.81. The first-order chi connectivity index (χ1) is 14.6. The van der Waals surface area contributed by atoms with Crippen molar-refractivity contribution in [1.82, 2.24) is 15.6 Å². The minimum absolute atomic E-state index is 0. The SMILES string of the molecule is CCOc1cccc(CNC(=NC)NCCc2cc3ccccc3[nH]2)c1OC(F)F.I. The molecule has 0 saturated heterocycles. The van der Waals surface area contributed by atoms with Crippen molar-refractivity contribution in [1.29, 1.82) is 0 Å². The van der Waals surface area contributed by atoms with Gasteiger partial charge < -0.3 is 25.1 Å². The van der Waals surface area contributed by atoms with Gasteiger partial charge in [0.1, 0.15) is 0 Å². The lowest BCUT2D eigenvalue weighted by atomic mass is 10.2. The van der Waals surface area contributed by atoms with Crippen molar-refractivity contribution >= 4 is 40.8 Å². The lowest BCUT2D eigenvalue weighted by molar-refractivity contribution is -0.0520. The Labute approximate surface area is 197 Å². The smallest absolute Gasteiger partial charge is 0.387 e. The molecule has 0 atom stereocenters. The molecule has 1 aromatic heterocycles. The van der Waals surface area contributed by atoms with Crippen LogP contribution in [0.5, 0.6) is 11.5 Å². The molecular weight excluding hydrogens is 517 g/mol. The maximum Gasteiger partial charge on any atom is 0.387 e. The standard InChI is InChI=1S/C22H26F2N4O2.HI/c1-3-29-19-10-6-8-16(20(19)30-21(23)24)14-27-22(25-2)26-12-11-17-13-15-7-4-5-9-18(15)28-17;/h4-10,13,21,28H,3,11-12,14H2,1-2H3,(H2,25,26,27);1H. The van der Waals surface area contributed by atoms with Crippen LogP contribution < -0.4 is 20.1 Å². The monoisotopic (exact) mass is 544 g/mol. The van der Waals surface area contributed by atoms with Gasteiger partial charge in [-0.25, -0.2) is 0 Å². The number of aromatic nitrogens is 1. The minimum Gasteiger partial charge on any atom is -0.490 e. The van der Waals surface area contributed by atoms with Gasteiger partial charge in [-0.05, 0) is 30.5 Å². The molecule has 3 aromatic rings. The Hall–Kier alpha value is -2.56. The Kier molecular flexibility index (Phi) is 9.83. The first-order valence-electron chi connectivity index (χ1n) is 9.81. The summed E-state index contributed by atoms with van der Waals surface area (Å²) in [4.78, 5) is 7.58. The Morgan fingerprint density at radius 2 is 1.94 bits per heavy atom. The Morgan fingerprint density at radius 3 is 2.65 bits per heavy atom. The van der Waals surface area contributed by atoms with E-state index in [1.54, 1.807) is 32.2 Å². The van der Waals surface area contributed by atoms with Gasteiger partial charge in [-0.15, -0.1) is 24.0 Å². The number of guanidine groups is 1. The van der Waals surface area contributed by atoms with Crippen LogP contribution in [0.15, 0.2) is 53.5 Å². The number of aromatic amines is 1. The van der Waals surface area contributed by atoms with Gasteiger partial charge in [0.2, 0.25) is 0 Å². The van der Waals surface area contributed by atoms with Gasteiger partial charge in [-0.3, -0.25) is 4.99 Å². The highest BCUT2D eigenvalue weighted by molar-refractivity contribution is 14.0. The number of ether oxygens (including phenoxy) is 2. The summed E-state index contributed by atoms with van der Waals surface area (Å²) in [5.41, 5.74) is 2.78. The number of fused-ring (bicyclic) bond motifs is 1. The van der Waals surface area contributed by atoms with Gasteiger partial charge in [0.15, 0.2) is 17.5 Å². The first kappa shape index (κ1) is 24.7. The predicted octanol–water partition coefficient (Wildman–Crippen LogP) is 4.69. The molecule has 3 N–H and O–H groups in total. The van der Waals surface area contributed by atoms with Crippen LogP contribution in [0, 0.1) is 0 Å². The molecule has 0 radical (unpaired) electrons. The van der Waals surface area contributed by atoms with E-state index in [4.69, 9.17) is 9.47 Å². The van der Waals surface area contributed by atoms with Crippen molar-refractivity contribution in [3.05, 3.63) is 59.8 Å². The van der Waals surface area contributed by atoms with E-state index in [-0.39, 0.29) is 36.3 Å². The summed E-state index contributed by atoms with van der Waals surface area (Å²) in [5, 5.41) is 7.54. The largest absolute Gasteiger partial charge is 0.490 e. The summed E-state index contributed by atoms with van der Waals surface area (Å²) in [7, 11) is 1.66. The Balaban J connectivity index is 0.00000341. The maximum absolute atomic E-state index is 12.9. The topological polar surface area (TPSA) is 70.7 Å². The third-order valence-corrected chi connectivity index (χ3v) is 4.51. The van der Waals surface area contributed by atoms with E-state index in [9.17, 15) is 8.78 Å². The molecule has 0 fully saturated rings. The number of benzene rings is 2. The second-order valence-electron chi connectivity index (χ2n) is 6.54. The van der Waals surface area contributed by atoms with Crippen molar-refractivity contribution in [2.24, 2.45) is 4.99 Å². The van der Waals surface area contributed by atoms with Crippen molar-refractivity contribution in [2.45, 2.75) is 26.5 Å². The fourth-order valence-corrected chi connectivity index (χ4v) is 3.18. The molecule has 6 nitrogen and oxygen atoms in total. The van der Waals surface area contributed by atoms with Gasteiger partial charge in [-0.2, -0.15) is 8.78 Å². The summed E-state index contributed by atoms with van der Waals surface area (Å²) in [6.45, 7) is 0.128. The summed E-state index contributed by atoms with van der Waals surface area (Å²) >= 11 is 0. The van der Waals surface area contributed by atoms with Crippen molar-refractivity contribution in [3.63, 3.8) is 0 Å². The molecule has 1 heterocycles. The van der Waals surface area contributed by atoms with Gasteiger partial charge in [0, 0.05) is 43.3 Å². The number of halogens is 3. The number of rotatable bonds is 9. The molecule has 0 aliphatic heterocycles. The highest BCUT2D eigenvalue weighted by Crippen LogP contribution is 2.32. The van der Waals surface area contributed by atoms with Crippen LogP contribution >= 0.6 is 24.0 Å². The number of hydrogen-bond acceptors (Lipinski definition) is 3. The number of nitrogens with zero attached hydrogens (tertiary/aromatic N) is 1. The van der Waals surface area contributed by atoms with E-state index in [0.29, 0.717) is 30.4 Å². The lowest BCUT2D eigenvalue weighted by Crippen LogP contribution is -2.38. The quantitative estimate of drug-likeness (QED) is 0.208. The van der Waals surface area contributed by atoms with Crippen LogP contribution in [0.3, 0.4) is 0 Å². The zero-order chi connectivity index (χ0) is 21.3. The molecule has 168 valence electrons. The number of aliphatic imine (C=N–C) groups is 1. The van der Waals surface area contributed by atoms with Crippen LogP contribution in [0.1, 0.15) is 18.2 Å². The van der Waals surface area contributed by atoms with Gasteiger partial charge in [-0.1, -0.05) is 30.3 Å². The second kappa shape index (κ2) is 12.3. The number of nitrogens with one attached hydrogen (secondary N) is 3. The molecule has 0 aliphatic rings. The molecular formula is C22H27F2IN4O2. The molecule has 31 heavy (non-hydrogen) atoms. The van der Waals surface area contributed by atoms with Crippen LogP contribution in [0.2, 0.25) is 0 Å². The molecule has 0 spiro atoms. The average molecular weight is 544 g/mol. The number of H-pyrrole nitrogens is 1. The number of alkyl halides is 2. The molecule has 0 amide bonds. The van der Waals surface area contributed by atoms with Crippen molar-refractivity contribution < 1.29 is 18.3 Å². The minimum atomic E-state index is -2.93. The van der Waals surface area contributed by atoms with E-state index in [2.05, 4.69) is 32.7 Å². The van der Waals surface area contributed by atoms with E-state index >= 15 is 0 Å². The maximum atomic E-state index is 12.9. The molecule has 3 rings (SSSR count). The molecule has 0 aliphatic carbocycles.